The van der Waals surface area contributed by atoms with E-state index < -0.39 is 0 Å². The van der Waals surface area contributed by atoms with Crippen LogP contribution in [0, 0.1) is 0 Å². The first kappa shape index (κ1) is 20.3. The number of carbonyl (C=O) groups is 1. The summed E-state index contributed by atoms with van der Waals surface area (Å²) >= 11 is 6.14. The Labute approximate surface area is 182 Å². The Morgan fingerprint density at radius 2 is 1.57 bits per heavy atom. The fourth-order valence-electron chi connectivity index (χ4n) is 3.95. The summed E-state index contributed by atoms with van der Waals surface area (Å²) in [4.78, 5) is 15.2. The number of anilines is 1. The van der Waals surface area contributed by atoms with Crippen LogP contribution in [-0.4, -0.2) is 19.1 Å². The highest BCUT2D eigenvalue weighted by atomic mass is 35.5. The van der Waals surface area contributed by atoms with Crippen molar-refractivity contribution in [1.82, 2.24) is 0 Å². The number of nitrogens with zero attached hydrogens (tertiary/aromatic N) is 1. The molecule has 4 nitrogen and oxygen atoms in total. The Balaban J connectivity index is 1.92. The van der Waals surface area contributed by atoms with Crippen molar-refractivity contribution >= 4 is 23.2 Å². The molecule has 1 aliphatic heterocycles. The molecule has 30 heavy (non-hydrogen) atoms. The highest BCUT2D eigenvalue weighted by Gasteiger charge is 2.35. The van der Waals surface area contributed by atoms with Gasteiger partial charge in [0.25, 0.3) is 0 Å². The summed E-state index contributed by atoms with van der Waals surface area (Å²) in [7, 11) is 0. The lowest BCUT2D eigenvalue weighted by Gasteiger charge is -2.38. The Hall–Kier alpha value is -2.98. The van der Waals surface area contributed by atoms with Gasteiger partial charge in [-0.2, -0.15) is 0 Å². The van der Waals surface area contributed by atoms with Gasteiger partial charge in [-0.1, -0.05) is 41.9 Å². The van der Waals surface area contributed by atoms with Gasteiger partial charge < -0.3 is 14.4 Å². The molecular weight excluding hydrogens is 398 g/mol. The number of rotatable bonds is 6. The maximum absolute atomic E-state index is 13.3. The normalized spacial score (nSPS) is 15.6. The summed E-state index contributed by atoms with van der Waals surface area (Å²) in [5.74, 6) is 1.41. The van der Waals surface area contributed by atoms with Crippen molar-refractivity contribution in [3.05, 3.63) is 88.4 Å². The van der Waals surface area contributed by atoms with Crippen LogP contribution in [0.3, 0.4) is 0 Å². The van der Waals surface area contributed by atoms with E-state index in [1.807, 2.05) is 85.5 Å². The molecule has 0 saturated heterocycles. The predicted octanol–water partition coefficient (Wildman–Crippen LogP) is 5.82. The predicted molar refractivity (Wildman–Crippen MR) is 120 cm³/mol. The van der Waals surface area contributed by atoms with Gasteiger partial charge >= 0.3 is 0 Å². The lowest BCUT2D eigenvalue weighted by Crippen LogP contribution is -2.41. The van der Waals surface area contributed by atoms with Crippen LogP contribution in [0.15, 0.2) is 66.7 Å². The van der Waals surface area contributed by atoms with E-state index in [0.29, 0.717) is 36.2 Å². The summed E-state index contributed by atoms with van der Waals surface area (Å²) < 4.78 is 11.7. The van der Waals surface area contributed by atoms with E-state index >= 15 is 0 Å². The molecule has 1 aliphatic rings. The van der Waals surface area contributed by atoms with Crippen LogP contribution in [0.5, 0.6) is 11.5 Å². The molecule has 1 amide bonds. The highest BCUT2D eigenvalue weighted by molar-refractivity contribution is 6.30. The van der Waals surface area contributed by atoms with Crippen molar-refractivity contribution in [3.8, 4) is 11.5 Å². The number of benzene rings is 3. The van der Waals surface area contributed by atoms with Crippen LogP contribution in [0.4, 0.5) is 5.69 Å². The number of ether oxygens (including phenoxy) is 2. The van der Waals surface area contributed by atoms with Crippen LogP contribution < -0.4 is 14.4 Å². The molecule has 1 heterocycles. The van der Waals surface area contributed by atoms with Crippen LogP contribution >= 0.6 is 11.6 Å². The molecule has 1 atom stereocenters. The number of hydrogen-bond acceptors (Lipinski definition) is 3. The van der Waals surface area contributed by atoms with Gasteiger partial charge in [0.2, 0.25) is 5.91 Å². The van der Waals surface area contributed by atoms with Crippen molar-refractivity contribution in [1.29, 1.82) is 0 Å². The minimum Gasteiger partial charge on any atom is -0.490 e. The van der Waals surface area contributed by atoms with E-state index in [1.54, 1.807) is 0 Å². The zero-order chi connectivity index (χ0) is 21.1. The molecule has 0 saturated carbocycles. The van der Waals surface area contributed by atoms with Crippen LogP contribution in [0.2, 0.25) is 5.02 Å². The number of hydrogen-bond donors (Lipinski definition) is 0. The third kappa shape index (κ3) is 3.88. The topological polar surface area (TPSA) is 38.8 Å². The van der Waals surface area contributed by atoms with Gasteiger partial charge in [0.05, 0.1) is 25.7 Å². The lowest BCUT2D eigenvalue weighted by atomic mass is 9.87. The molecule has 0 aliphatic carbocycles. The first-order valence-corrected chi connectivity index (χ1v) is 10.5. The second-order valence-corrected chi connectivity index (χ2v) is 7.53. The van der Waals surface area contributed by atoms with Gasteiger partial charge in [0.1, 0.15) is 0 Å². The third-order valence-corrected chi connectivity index (χ3v) is 5.44. The van der Waals surface area contributed by atoms with Gasteiger partial charge in [-0.3, -0.25) is 4.79 Å². The van der Waals surface area contributed by atoms with E-state index in [-0.39, 0.29) is 11.9 Å². The van der Waals surface area contributed by atoms with Crippen molar-refractivity contribution in [2.75, 3.05) is 18.1 Å². The number of carbonyl (C=O) groups excluding carboxylic acids is 1. The minimum atomic E-state index is -0.282. The van der Waals surface area contributed by atoms with Crippen molar-refractivity contribution in [3.63, 3.8) is 0 Å². The molecular formula is C25H24ClNO3. The second kappa shape index (κ2) is 8.80. The van der Waals surface area contributed by atoms with E-state index in [4.69, 9.17) is 21.1 Å². The molecule has 154 valence electrons. The van der Waals surface area contributed by atoms with Crippen LogP contribution in [0.1, 0.15) is 36.6 Å². The Morgan fingerprint density at radius 3 is 2.20 bits per heavy atom. The fourth-order valence-corrected chi connectivity index (χ4v) is 4.07. The maximum Gasteiger partial charge on any atom is 0.232 e. The lowest BCUT2D eigenvalue weighted by molar-refractivity contribution is -0.118. The van der Waals surface area contributed by atoms with Crippen LogP contribution in [-0.2, 0) is 11.2 Å². The number of amides is 1. The average Bonchev–Trinajstić information content (AvgIpc) is 2.75. The number of halogens is 1. The standard InChI is InChI=1S/C25H24ClNO3/c1-3-29-22-14-18-15-24(28)27(20-8-6-5-7-9-20)25(17-10-12-19(26)13-11-17)21(18)16-23(22)30-4-2/h5-14,16,25H,3-4,15H2,1-2H3/t25-/m1/s1. The molecule has 0 radical (unpaired) electrons. The smallest absolute Gasteiger partial charge is 0.232 e. The fraction of sp³-hybridized carbons (Fsp3) is 0.240. The zero-order valence-electron chi connectivity index (χ0n) is 17.1. The summed E-state index contributed by atoms with van der Waals surface area (Å²) in [6, 6.07) is 21.1. The van der Waals surface area contributed by atoms with E-state index in [1.165, 1.54) is 0 Å². The summed E-state index contributed by atoms with van der Waals surface area (Å²) in [5.41, 5.74) is 3.84. The van der Waals surface area contributed by atoms with E-state index in [0.717, 1.165) is 22.4 Å². The van der Waals surface area contributed by atoms with Gasteiger partial charge in [-0.25, -0.2) is 0 Å². The summed E-state index contributed by atoms with van der Waals surface area (Å²) in [6.45, 7) is 4.95. The van der Waals surface area contributed by atoms with Crippen molar-refractivity contribution in [2.24, 2.45) is 0 Å². The first-order valence-electron chi connectivity index (χ1n) is 10.2. The van der Waals surface area contributed by atoms with E-state index in [9.17, 15) is 4.79 Å². The SMILES string of the molecule is CCOc1cc2c(cc1OCC)[C@@H](c1ccc(Cl)cc1)N(c1ccccc1)C(=O)C2. The molecule has 0 fully saturated rings. The minimum absolute atomic E-state index is 0.0419. The average molecular weight is 422 g/mol. The molecule has 0 spiro atoms. The van der Waals surface area contributed by atoms with E-state index in [2.05, 4.69) is 0 Å². The molecule has 5 heteroatoms. The largest absolute Gasteiger partial charge is 0.490 e. The molecule has 0 N–H and O–H groups in total. The maximum atomic E-state index is 13.3. The molecule has 0 aromatic heterocycles. The van der Waals surface area contributed by atoms with Gasteiger partial charge in [-0.05, 0) is 66.9 Å². The first-order chi connectivity index (χ1) is 14.6. The zero-order valence-corrected chi connectivity index (χ0v) is 17.9. The monoisotopic (exact) mass is 421 g/mol. The Kier molecular flexibility index (Phi) is 5.96. The number of para-hydroxylation sites is 1. The molecule has 3 aromatic rings. The van der Waals surface area contributed by atoms with Crippen molar-refractivity contribution < 1.29 is 14.3 Å². The summed E-state index contributed by atoms with van der Waals surface area (Å²) in [6.07, 6.45) is 0.306. The number of fused-ring (bicyclic) bond motifs is 1. The Morgan fingerprint density at radius 1 is 0.933 bits per heavy atom. The van der Waals surface area contributed by atoms with Crippen molar-refractivity contribution in [2.45, 2.75) is 26.3 Å². The molecule has 4 rings (SSSR count). The quantitative estimate of drug-likeness (QED) is 0.503. The van der Waals surface area contributed by atoms with Gasteiger partial charge in [0, 0.05) is 10.7 Å². The molecule has 0 bridgehead atoms. The summed E-state index contributed by atoms with van der Waals surface area (Å²) in [5, 5.41) is 0.661. The highest BCUT2D eigenvalue weighted by Crippen LogP contribution is 2.43. The third-order valence-electron chi connectivity index (χ3n) is 5.19. The Bertz CT molecular complexity index is 1030. The van der Waals surface area contributed by atoms with Gasteiger partial charge in [0.15, 0.2) is 11.5 Å². The van der Waals surface area contributed by atoms with Crippen LogP contribution in [0.25, 0.3) is 0 Å². The van der Waals surface area contributed by atoms with Gasteiger partial charge in [-0.15, -0.1) is 0 Å². The molecule has 0 unspecified atom stereocenters. The second-order valence-electron chi connectivity index (χ2n) is 7.09. The molecule has 3 aromatic carbocycles.